The van der Waals surface area contributed by atoms with Crippen LogP contribution in [0.2, 0.25) is 0 Å². The lowest BCUT2D eigenvalue weighted by Crippen LogP contribution is -2.48. The Kier molecular flexibility index (Phi) is 6.58. The van der Waals surface area contributed by atoms with Crippen molar-refractivity contribution in [3.8, 4) is 0 Å². The SMILES string of the molecule is CC(C)N1CCN(c2ccc(C(=O)NCC(C)(C)c3ccccc3F)cc2)CC1. The van der Waals surface area contributed by atoms with Crippen molar-refractivity contribution < 1.29 is 9.18 Å². The van der Waals surface area contributed by atoms with Crippen molar-refractivity contribution in [2.75, 3.05) is 37.6 Å². The van der Waals surface area contributed by atoms with Crippen LogP contribution in [0.25, 0.3) is 0 Å². The van der Waals surface area contributed by atoms with Crippen molar-refractivity contribution in [2.45, 2.75) is 39.2 Å². The van der Waals surface area contributed by atoms with Gasteiger partial charge in [0.1, 0.15) is 5.82 Å². The maximum Gasteiger partial charge on any atom is 0.251 e. The smallest absolute Gasteiger partial charge is 0.251 e. The Bertz CT molecular complexity index is 824. The minimum absolute atomic E-state index is 0.134. The zero-order valence-corrected chi connectivity index (χ0v) is 17.9. The van der Waals surface area contributed by atoms with Gasteiger partial charge in [-0.05, 0) is 49.7 Å². The molecule has 0 bridgehead atoms. The summed E-state index contributed by atoms with van der Waals surface area (Å²) in [6, 6.07) is 15.1. The van der Waals surface area contributed by atoms with Gasteiger partial charge in [-0.15, -0.1) is 0 Å². The van der Waals surface area contributed by atoms with Gasteiger partial charge in [0.05, 0.1) is 0 Å². The molecule has 2 aromatic rings. The number of carbonyl (C=O) groups is 1. The summed E-state index contributed by atoms with van der Waals surface area (Å²) in [6.07, 6.45) is 0. The van der Waals surface area contributed by atoms with Crippen LogP contribution in [-0.4, -0.2) is 49.6 Å². The fourth-order valence-corrected chi connectivity index (χ4v) is 3.83. The van der Waals surface area contributed by atoms with Gasteiger partial charge in [0.25, 0.3) is 5.91 Å². The molecule has 0 atom stereocenters. The molecule has 1 fully saturated rings. The van der Waals surface area contributed by atoms with Gasteiger partial charge in [-0.3, -0.25) is 9.69 Å². The molecule has 0 aliphatic carbocycles. The van der Waals surface area contributed by atoms with Gasteiger partial charge in [0.15, 0.2) is 0 Å². The van der Waals surface area contributed by atoms with Crippen molar-refractivity contribution in [2.24, 2.45) is 0 Å². The van der Waals surface area contributed by atoms with Gasteiger partial charge >= 0.3 is 0 Å². The number of hydrogen-bond acceptors (Lipinski definition) is 3. The van der Waals surface area contributed by atoms with E-state index >= 15 is 0 Å². The predicted octanol–water partition coefficient (Wildman–Crippen LogP) is 4.06. The summed E-state index contributed by atoms with van der Waals surface area (Å²) in [7, 11) is 0. The largest absolute Gasteiger partial charge is 0.369 e. The van der Waals surface area contributed by atoms with Crippen LogP contribution in [0.15, 0.2) is 48.5 Å². The molecule has 156 valence electrons. The maximum atomic E-state index is 14.1. The Balaban J connectivity index is 1.57. The number of piperazine rings is 1. The van der Waals surface area contributed by atoms with E-state index in [1.54, 1.807) is 12.1 Å². The van der Waals surface area contributed by atoms with Crippen LogP contribution in [-0.2, 0) is 5.41 Å². The number of rotatable bonds is 6. The third kappa shape index (κ3) is 5.15. The number of carbonyl (C=O) groups excluding carboxylic acids is 1. The highest BCUT2D eigenvalue weighted by molar-refractivity contribution is 5.94. The molecule has 0 radical (unpaired) electrons. The monoisotopic (exact) mass is 397 g/mol. The summed E-state index contributed by atoms with van der Waals surface area (Å²) in [5.41, 5.74) is 1.89. The summed E-state index contributed by atoms with van der Waals surface area (Å²) in [5, 5.41) is 2.96. The second kappa shape index (κ2) is 8.95. The molecule has 3 rings (SSSR count). The molecule has 1 amide bonds. The van der Waals surface area contributed by atoms with Crippen LogP contribution in [0.4, 0.5) is 10.1 Å². The van der Waals surface area contributed by atoms with E-state index in [2.05, 4.69) is 29.0 Å². The van der Waals surface area contributed by atoms with E-state index in [9.17, 15) is 9.18 Å². The van der Waals surface area contributed by atoms with Crippen molar-refractivity contribution in [3.63, 3.8) is 0 Å². The van der Waals surface area contributed by atoms with E-state index < -0.39 is 5.41 Å². The van der Waals surface area contributed by atoms with Gasteiger partial charge in [0.2, 0.25) is 0 Å². The average molecular weight is 398 g/mol. The first-order chi connectivity index (χ1) is 13.8. The number of benzene rings is 2. The van der Waals surface area contributed by atoms with Crippen molar-refractivity contribution in [3.05, 3.63) is 65.5 Å². The molecular formula is C24H32FN3O. The second-order valence-corrected chi connectivity index (χ2v) is 8.71. The quantitative estimate of drug-likeness (QED) is 0.798. The van der Waals surface area contributed by atoms with E-state index in [0.717, 1.165) is 31.9 Å². The normalized spacial score (nSPS) is 15.6. The van der Waals surface area contributed by atoms with Crippen LogP contribution in [0.3, 0.4) is 0 Å². The topological polar surface area (TPSA) is 35.6 Å². The van der Waals surface area contributed by atoms with E-state index in [-0.39, 0.29) is 11.7 Å². The lowest BCUT2D eigenvalue weighted by atomic mass is 9.84. The minimum Gasteiger partial charge on any atom is -0.369 e. The van der Waals surface area contributed by atoms with Crippen molar-refractivity contribution in [1.29, 1.82) is 0 Å². The number of hydrogen-bond donors (Lipinski definition) is 1. The molecule has 1 saturated heterocycles. The molecule has 2 aromatic carbocycles. The van der Waals surface area contributed by atoms with E-state index in [4.69, 9.17) is 0 Å². The van der Waals surface area contributed by atoms with Gasteiger partial charge in [0, 0.05) is 55.4 Å². The molecule has 1 N–H and O–H groups in total. The second-order valence-electron chi connectivity index (χ2n) is 8.71. The molecule has 29 heavy (non-hydrogen) atoms. The third-order valence-electron chi connectivity index (χ3n) is 5.83. The molecule has 0 unspecified atom stereocenters. The number of anilines is 1. The zero-order chi connectivity index (χ0) is 21.0. The number of amides is 1. The van der Waals surface area contributed by atoms with Crippen LogP contribution in [0.5, 0.6) is 0 Å². The first-order valence-corrected chi connectivity index (χ1v) is 10.4. The maximum absolute atomic E-state index is 14.1. The Morgan fingerprint density at radius 3 is 2.24 bits per heavy atom. The number of halogens is 1. The standard InChI is InChI=1S/C24H32FN3O/c1-18(2)27-13-15-28(16-14-27)20-11-9-19(10-12-20)23(29)26-17-24(3,4)21-7-5-6-8-22(21)25/h5-12,18H,13-17H2,1-4H3,(H,26,29). The summed E-state index contributed by atoms with van der Waals surface area (Å²) in [5.74, 6) is -0.376. The molecule has 0 aromatic heterocycles. The molecular weight excluding hydrogens is 365 g/mol. The Hall–Kier alpha value is -2.40. The van der Waals surface area contributed by atoms with Crippen molar-refractivity contribution >= 4 is 11.6 Å². The summed E-state index contributed by atoms with van der Waals surface area (Å²) in [4.78, 5) is 17.4. The van der Waals surface area contributed by atoms with E-state index in [1.807, 2.05) is 44.2 Å². The Morgan fingerprint density at radius 2 is 1.66 bits per heavy atom. The first-order valence-electron chi connectivity index (χ1n) is 10.4. The Morgan fingerprint density at radius 1 is 1.03 bits per heavy atom. The van der Waals surface area contributed by atoms with E-state index in [0.29, 0.717) is 23.7 Å². The summed E-state index contributed by atoms with van der Waals surface area (Å²) >= 11 is 0. The predicted molar refractivity (Wildman–Crippen MR) is 117 cm³/mol. The highest BCUT2D eigenvalue weighted by atomic mass is 19.1. The highest BCUT2D eigenvalue weighted by Gasteiger charge is 2.25. The molecule has 1 heterocycles. The van der Waals surface area contributed by atoms with Gasteiger partial charge < -0.3 is 10.2 Å². The fourth-order valence-electron chi connectivity index (χ4n) is 3.83. The number of nitrogens with one attached hydrogen (secondary N) is 1. The summed E-state index contributed by atoms with van der Waals surface area (Å²) < 4.78 is 14.1. The molecule has 1 aliphatic rings. The van der Waals surface area contributed by atoms with Crippen LogP contribution in [0.1, 0.15) is 43.6 Å². The lowest BCUT2D eigenvalue weighted by molar-refractivity contribution is 0.0945. The Labute approximate surface area is 173 Å². The fraction of sp³-hybridized carbons (Fsp3) is 0.458. The lowest BCUT2D eigenvalue weighted by Gasteiger charge is -2.38. The van der Waals surface area contributed by atoms with Gasteiger partial charge in [-0.25, -0.2) is 4.39 Å². The molecule has 0 saturated carbocycles. The number of nitrogens with zero attached hydrogens (tertiary/aromatic N) is 2. The van der Waals surface area contributed by atoms with Gasteiger partial charge in [-0.1, -0.05) is 32.0 Å². The van der Waals surface area contributed by atoms with Crippen LogP contribution in [0, 0.1) is 5.82 Å². The first kappa shape index (κ1) is 21.3. The zero-order valence-electron chi connectivity index (χ0n) is 17.9. The van der Waals surface area contributed by atoms with E-state index in [1.165, 1.54) is 6.07 Å². The molecule has 0 spiro atoms. The average Bonchev–Trinajstić information content (AvgIpc) is 2.72. The molecule has 4 nitrogen and oxygen atoms in total. The summed E-state index contributed by atoms with van der Waals surface area (Å²) in [6.45, 7) is 12.8. The molecule has 5 heteroatoms. The van der Waals surface area contributed by atoms with Gasteiger partial charge in [-0.2, -0.15) is 0 Å². The minimum atomic E-state index is -0.489. The third-order valence-corrected chi connectivity index (χ3v) is 5.83. The highest BCUT2D eigenvalue weighted by Crippen LogP contribution is 2.25. The molecule has 1 aliphatic heterocycles. The van der Waals surface area contributed by atoms with Crippen LogP contribution >= 0.6 is 0 Å². The van der Waals surface area contributed by atoms with Crippen LogP contribution < -0.4 is 10.2 Å². The van der Waals surface area contributed by atoms with Crippen molar-refractivity contribution in [1.82, 2.24) is 10.2 Å².